The Hall–Kier alpha value is -1.01. The number of thioether (sulfide) groups is 1. The van der Waals surface area contributed by atoms with Crippen LogP contribution in [-0.4, -0.2) is 28.8 Å². The van der Waals surface area contributed by atoms with Gasteiger partial charge in [0.2, 0.25) is 0 Å². The first kappa shape index (κ1) is 16.4. The van der Waals surface area contributed by atoms with Gasteiger partial charge in [-0.05, 0) is 18.2 Å². The lowest BCUT2D eigenvalue weighted by Gasteiger charge is -2.10. The normalized spacial score (nSPS) is 16.7. The van der Waals surface area contributed by atoms with E-state index >= 15 is 0 Å². The van der Waals surface area contributed by atoms with Crippen molar-refractivity contribution in [2.45, 2.75) is 0 Å². The van der Waals surface area contributed by atoms with E-state index in [2.05, 4.69) is 6.58 Å². The Bertz CT molecular complexity index is 659. The fourth-order valence-electron chi connectivity index (χ4n) is 1.83. The van der Waals surface area contributed by atoms with Crippen LogP contribution in [0.1, 0.15) is 5.56 Å². The molecule has 1 aliphatic heterocycles. The second kappa shape index (κ2) is 6.83. The number of hydrogen-bond acceptors (Lipinski definition) is 4. The van der Waals surface area contributed by atoms with Crippen molar-refractivity contribution in [3.05, 3.63) is 45.3 Å². The Morgan fingerprint density at radius 3 is 2.81 bits per heavy atom. The van der Waals surface area contributed by atoms with Crippen molar-refractivity contribution in [1.29, 1.82) is 0 Å². The van der Waals surface area contributed by atoms with Gasteiger partial charge < -0.3 is 4.74 Å². The second-order valence-corrected chi connectivity index (χ2v) is 6.61. The Labute approximate surface area is 142 Å². The van der Waals surface area contributed by atoms with Crippen molar-refractivity contribution in [2.75, 3.05) is 13.7 Å². The highest BCUT2D eigenvalue weighted by molar-refractivity contribution is 8.26. The second-order valence-electron chi connectivity index (χ2n) is 4.09. The van der Waals surface area contributed by atoms with Gasteiger partial charge in [-0.15, -0.1) is 6.58 Å². The number of carbonyl (C=O) groups is 1. The van der Waals surface area contributed by atoms with E-state index in [9.17, 15) is 4.79 Å². The van der Waals surface area contributed by atoms with E-state index in [0.29, 0.717) is 37.1 Å². The first-order valence-electron chi connectivity index (χ1n) is 5.87. The summed E-state index contributed by atoms with van der Waals surface area (Å²) in [5.74, 6) is 0.304. The minimum absolute atomic E-state index is 0.164. The molecule has 0 unspecified atom stereocenters. The van der Waals surface area contributed by atoms with E-state index in [0.717, 1.165) is 0 Å². The molecule has 1 heterocycles. The van der Waals surface area contributed by atoms with E-state index in [1.54, 1.807) is 24.3 Å². The lowest BCUT2D eigenvalue weighted by Crippen LogP contribution is -2.27. The van der Waals surface area contributed by atoms with Crippen molar-refractivity contribution in [3.8, 4) is 5.75 Å². The van der Waals surface area contributed by atoms with Gasteiger partial charge >= 0.3 is 0 Å². The van der Waals surface area contributed by atoms with Crippen LogP contribution < -0.4 is 4.74 Å². The van der Waals surface area contributed by atoms with Crippen molar-refractivity contribution >= 4 is 63.5 Å². The number of carbonyl (C=O) groups excluding carboxylic acids is 1. The highest BCUT2D eigenvalue weighted by atomic mass is 35.5. The molecule has 0 spiro atoms. The number of thiocarbonyl (C=S) groups is 1. The van der Waals surface area contributed by atoms with Crippen LogP contribution in [0.25, 0.3) is 6.08 Å². The molecule has 1 aromatic carbocycles. The van der Waals surface area contributed by atoms with E-state index in [1.165, 1.54) is 23.8 Å². The standard InChI is InChI=1S/C14H11Cl2NO2S2/c1-3-4-17-13(18)11(21-14(17)20)6-8-5-9(15)7-10(16)12(8)19-2/h3,5-7H,1,4H2,2H3. The molecule has 3 nitrogen and oxygen atoms in total. The number of nitrogens with zero attached hydrogens (tertiary/aromatic N) is 1. The van der Waals surface area contributed by atoms with Crippen molar-refractivity contribution in [2.24, 2.45) is 0 Å². The summed E-state index contributed by atoms with van der Waals surface area (Å²) in [6.45, 7) is 4.00. The Morgan fingerprint density at radius 1 is 1.48 bits per heavy atom. The molecule has 1 amide bonds. The molecule has 0 aliphatic carbocycles. The summed E-state index contributed by atoms with van der Waals surface area (Å²) in [7, 11) is 1.51. The fraction of sp³-hybridized carbons (Fsp3) is 0.143. The van der Waals surface area contributed by atoms with Gasteiger partial charge in [0.15, 0.2) is 0 Å². The van der Waals surface area contributed by atoms with Gasteiger partial charge in [0.05, 0.1) is 17.0 Å². The van der Waals surface area contributed by atoms with Crippen LogP contribution in [0.4, 0.5) is 0 Å². The van der Waals surface area contributed by atoms with Crippen LogP contribution in [0.3, 0.4) is 0 Å². The van der Waals surface area contributed by atoms with Gasteiger partial charge in [0.25, 0.3) is 5.91 Å². The van der Waals surface area contributed by atoms with Crippen LogP contribution in [0.5, 0.6) is 5.75 Å². The molecule has 1 aliphatic rings. The lowest BCUT2D eigenvalue weighted by atomic mass is 10.2. The first-order valence-corrected chi connectivity index (χ1v) is 7.85. The summed E-state index contributed by atoms with van der Waals surface area (Å²) in [5, 5.41) is 0.853. The Balaban J connectivity index is 2.43. The van der Waals surface area contributed by atoms with E-state index in [1.807, 2.05) is 0 Å². The minimum atomic E-state index is -0.164. The van der Waals surface area contributed by atoms with Crippen LogP contribution >= 0.6 is 47.2 Å². The van der Waals surface area contributed by atoms with Crippen molar-refractivity contribution in [1.82, 2.24) is 4.90 Å². The average Bonchev–Trinajstić information content (AvgIpc) is 2.66. The number of ether oxygens (including phenoxy) is 1. The highest BCUT2D eigenvalue weighted by Gasteiger charge is 2.31. The molecule has 1 aromatic rings. The molecule has 0 bridgehead atoms. The molecule has 1 fully saturated rings. The molecule has 7 heteroatoms. The molecule has 0 aromatic heterocycles. The third-order valence-electron chi connectivity index (χ3n) is 2.71. The predicted molar refractivity (Wildman–Crippen MR) is 93.1 cm³/mol. The number of benzene rings is 1. The third kappa shape index (κ3) is 3.43. The average molecular weight is 360 g/mol. The molecule has 110 valence electrons. The predicted octanol–water partition coefficient (Wildman–Crippen LogP) is 4.39. The number of methoxy groups -OCH3 is 1. The Morgan fingerprint density at radius 2 is 2.19 bits per heavy atom. The van der Waals surface area contributed by atoms with Gasteiger partial charge in [-0.1, -0.05) is 53.3 Å². The maximum atomic E-state index is 12.3. The number of halogens is 2. The molecule has 0 N–H and O–H groups in total. The van der Waals surface area contributed by atoms with Crippen LogP contribution in [0.2, 0.25) is 10.0 Å². The first-order chi connectivity index (χ1) is 9.97. The number of rotatable bonds is 4. The topological polar surface area (TPSA) is 29.5 Å². The summed E-state index contributed by atoms with van der Waals surface area (Å²) in [6, 6.07) is 3.27. The van der Waals surface area contributed by atoms with Crippen molar-refractivity contribution in [3.63, 3.8) is 0 Å². The summed E-state index contributed by atoms with van der Waals surface area (Å²) < 4.78 is 5.76. The Kier molecular flexibility index (Phi) is 5.32. The van der Waals surface area contributed by atoms with E-state index in [-0.39, 0.29) is 5.91 Å². The maximum absolute atomic E-state index is 12.3. The summed E-state index contributed by atoms with van der Waals surface area (Å²) in [4.78, 5) is 14.3. The number of amides is 1. The maximum Gasteiger partial charge on any atom is 0.266 e. The molecule has 0 radical (unpaired) electrons. The molecular formula is C14H11Cl2NO2S2. The van der Waals surface area contributed by atoms with Gasteiger partial charge in [0, 0.05) is 17.1 Å². The molecule has 0 saturated carbocycles. The molecule has 1 saturated heterocycles. The fourth-order valence-corrected chi connectivity index (χ4v) is 3.68. The minimum Gasteiger partial charge on any atom is -0.495 e. The number of hydrogen-bond donors (Lipinski definition) is 0. The third-order valence-corrected chi connectivity index (χ3v) is 4.59. The molecule has 0 atom stereocenters. The highest BCUT2D eigenvalue weighted by Crippen LogP contribution is 2.37. The van der Waals surface area contributed by atoms with Gasteiger partial charge in [0.1, 0.15) is 10.1 Å². The van der Waals surface area contributed by atoms with Crippen LogP contribution in [-0.2, 0) is 4.79 Å². The van der Waals surface area contributed by atoms with Gasteiger partial charge in [-0.2, -0.15) is 0 Å². The SMILES string of the molecule is C=CCN1C(=O)C(=Cc2cc(Cl)cc(Cl)c2OC)SC1=S. The van der Waals surface area contributed by atoms with Gasteiger partial charge in [-0.3, -0.25) is 9.69 Å². The van der Waals surface area contributed by atoms with E-state index in [4.69, 9.17) is 40.2 Å². The smallest absolute Gasteiger partial charge is 0.266 e. The lowest BCUT2D eigenvalue weighted by molar-refractivity contribution is -0.121. The zero-order valence-electron chi connectivity index (χ0n) is 11.1. The quantitative estimate of drug-likeness (QED) is 0.453. The zero-order chi connectivity index (χ0) is 15.6. The molecule has 2 rings (SSSR count). The largest absolute Gasteiger partial charge is 0.495 e. The summed E-state index contributed by atoms with van der Waals surface area (Å²) in [5.41, 5.74) is 0.633. The van der Waals surface area contributed by atoms with Gasteiger partial charge in [-0.25, -0.2) is 0 Å². The monoisotopic (exact) mass is 359 g/mol. The van der Waals surface area contributed by atoms with Crippen LogP contribution in [0.15, 0.2) is 29.7 Å². The molecular weight excluding hydrogens is 349 g/mol. The van der Waals surface area contributed by atoms with E-state index < -0.39 is 0 Å². The summed E-state index contributed by atoms with van der Waals surface area (Å²) in [6.07, 6.45) is 3.31. The molecule has 21 heavy (non-hydrogen) atoms. The van der Waals surface area contributed by atoms with Crippen molar-refractivity contribution < 1.29 is 9.53 Å². The summed E-state index contributed by atoms with van der Waals surface area (Å²) >= 11 is 18.5. The zero-order valence-corrected chi connectivity index (χ0v) is 14.2. The van der Waals surface area contributed by atoms with Crippen LogP contribution in [0, 0.1) is 0 Å².